The Morgan fingerprint density at radius 1 is 0.345 bits per heavy atom. The van der Waals surface area contributed by atoms with Gasteiger partial charge in [-0.15, -0.1) is 0 Å². The van der Waals surface area contributed by atoms with Crippen molar-refractivity contribution in [2.24, 2.45) is 0 Å². The summed E-state index contributed by atoms with van der Waals surface area (Å²) in [7, 11) is 0. The zero-order valence-electron chi connectivity index (χ0n) is 30.4. The fraction of sp³-hybridized carbons (Fsp3) is 0. The summed E-state index contributed by atoms with van der Waals surface area (Å²) in [6.07, 6.45) is 3.87. The van der Waals surface area contributed by atoms with Crippen LogP contribution in [-0.2, 0) is 0 Å². The van der Waals surface area contributed by atoms with Gasteiger partial charge in [0.1, 0.15) is 0 Å². The zero-order valence-corrected chi connectivity index (χ0v) is 30.4. The van der Waals surface area contributed by atoms with Crippen LogP contribution in [0.25, 0.3) is 88.3 Å². The summed E-state index contributed by atoms with van der Waals surface area (Å²) < 4.78 is 0. The van der Waals surface area contributed by atoms with Crippen LogP contribution in [0.15, 0.2) is 201 Å². The van der Waals surface area contributed by atoms with Crippen molar-refractivity contribution in [1.29, 1.82) is 0 Å². The topological polar surface area (TPSA) is 3.24 Å². The van der Waals surface area contributed by atoms with E-state index >= 15 is 0 Å². The van der Waals surface area contributed by atoms with Crippen molar-refractivity contribution >= 4 is 83.1 Å². The second kappa shape index (κ2) is 13.3. The second-order valence-corrected chi connectivity index (χ2v) is 14.2. The average Bonchev–Trinajstić information content (AvgIpc) is 3.26. The lowest BCUT2D eigenvalue weighted by atomic mass is 9.91. The predicted octanol–water partition coefficient (Wildman–Crippen LogP) is 15.5. The second-order valence-electron chi connectivity index (χ2n) is 14.2. The first kappa shape index (κ1) is 32.4. The van der Waals surface area contributed by atoms with Gasteiger partial charge in [0.25, 0.3) is 0 Å². The van der Waals surface area contributed by atoms with Crippen molar-refractivity contribution in [1.82, 2.24) is 0 Å². The molecule has 10 rings (SSSR count). The summed E-state index contributed by atoms with van der Waals surface area (Å²) in [5, 5.41) is 12.3. The van der Waals surface area contributed by atoms with Crippen LogP contribution in [0.4, 0.5) is 17.1 Å². The first-order valence-corrected chi connectivity index (χ1v) is 18.8. The van der Waals surface area contributed by atoms with Crippen LogP contribution in [-0.4, -0.2) is 0 Å². The van der Waals surface area contributed by atoms with Crippen LogP contribution in [0.1, 0.15) is 11.1 Å². The summed E-state index contributed by atoms with van der Waals surface area (Å²) in [5.41, 5.74) is 10.3. The molecule has 55 heavy (non-hydrogen) atoms. The lowest BCUT2D eigenvalue weighted by molar-refractivity contribution is 1.31. The van der Waals surface area contributed by atoms with Gasteiger partial charge in [-0.25, -0.2) is 0 Å². The maximum Gasteiger partial charge on any atom is 0.0618 e. The van der Waals surface area contributed by atoms with Crippen molar-refractivity contribution in [2.75, 3.05) is 4.90 Å². The maximum atomic E-state index is 4.13. The van der Waals surface area contributed by atoms with E-state index in [9.17, 15) is 0 Å². The fourth-order valence-electron chi connectivity index (χ4n) is 8.57. The Balaban J connectivity index is 1.17. The van der Waals surface area contributed by atoms with E-state index in [1.54, 1.807) is 0 Å². The number of fused-ring (bicyclic) bond motifs is 6. The van der Waals surface area contributed by atoms with Gasteiger partial charge in [-0.1, -0.05) is 171 Å². The highest BCUT2D eigenvalue weighted by Gasteiger charge is 2.20. The summed E-state index contributed by atoms with van der Waals surface area (Å²) >= 11 is 0. The van der Waals surface area contributed by atoms with Gasteiger partial charge in [0.15, 0.2) is 0 Å². The van der Waals surface area contributed by atoms with Gasteiger partial charge in [0.2, 0.25) is 0 Å². The quantitative estimate of drug-likeness (QED) is 0.118. The third-order valence-electron chi connectivity index (χ3n) is 11.1. The molecule has 10 aromatic rings. The molecule has 1 nitrogen and oxygen atoms in total. The molecule has 0 spiro atoms. The van der Waals surface area contributed by atoms with Gasteiger partial charge in [0, 0.05) is 22.1 Å². The van der Waals surface area contributed by atoms with E-state index in [0.717, 1.165) is 28.1 Å². The minimum absolute atomic E-state index is 1.08. The van der Waals surface area contributed by atoms with Gasteiger partial charge in [-0.3, -0.25) is 0 Å². The predicted molar refractivity (Wildman–Crippen MR) is 240 cm³/mol. The molecule has 1 heteroatoms. The number of nitrogens with zero attached hydrogens (tertiary/aromatic N) is 1. The fourth-order valence-corrected chi connectivity index (χ4v) is 8.57. The van der Waals surface area contributed by atoms with E-state index in [0.29, 0.717) is 0 Å². The van der Waals surface area contributed by atoms with Crippen LogP contribution >= 0.6 is 0 Å². The molecule has 10 aromatic carbocycles. The minimum atomic E-state index is 1.08. The molecule has 0 N–H and O–H groups in total. The number of rotatable bonds is 7. The van der Waals surface area contributed by atoms with E-state index in [1.807, 2.05) is 12.2 Å². The molecular formula is C54H37N. The average molecular weight is 700 g/mol. The molecule has 0 amide bonds. The smallest absolute Gasteiger partial charge is 0.0618 e. The third kappa shape index (κ3) is 5.40. The molecule has 0 bridgehead atoms. The Hall–Kier alpha value is -7.22. The minimum Gasteiger partial charge on any atom is -0.309 e. The van der Waals surface area contributed by atoms with Crippen molar-refractivity contribution in [3.05, 3.63) is 212 Å². The van der Waals surface area contributed by atoms with Gasteiger partial charge < -0.3 is 4.90 Å². The molecule has 0 radical (unpaired) electrons. The number of hydrogen-bond acceptors (Lipinski definition) is 1. The molecule has 0 aromatic heterocycles. The lowest BCUT2D eigenvalue weighted by Gasteiger charge is -2.29. The summed E-state index contributed by atoms with van der Waals surface area (Å²) in [6, 6.07) is 68.5. The van der Waals surface area contributed by atoms with E-state index in [-0.39, 0.29) is 0 Å². The van der Waals surface area contributed by atoms with E-state index in [1.165, 1.54) is 76.2 Å². The van der Waals surface area contributed by atoms with Crippen molar-refractivity contribution in [2.45, 2.75) is 0 Å². The van der Waals surface area contributed by atoms with Crippen LogP contribution in [0, 0.1) is 0 Å². The van der Waals surface area contributed by atoms with Gasteiger partial charge in [-0.2, -0.15) is 0 Å². The van der Waals surface area contributed by atoms with E-state index < -0.39 is 0 Å². The highest BCUT2D eigenvalue weighted by atomic mass is 15.1. The Bertz CT molecular complexity index is 3060. The summed E-state index contributed by atoms with van der Waals surface area (Å²) in [6.45, 7) is 8.25. The molecule has 0 saturated carbocycles. The molecule has 0 unspecified atom stereocenters. The van der Waals surface area contributed by atoms with Crippen molar-refractivity contribution in [3.8, 4) is 22.3 Å². The van der Waals surface area contributed by atoms with Crippen LogP contribution in [0.3, 0.4) is 0 Å². The maximum absolute atomic E-state index is 4.13. The summed E-state index contributed by atoms with van der Waals surface area (Å²) in [4.78, 5) is 2.44. The van der Waals surface area contributed by atoms with Crippen molar-refractivity contribution in [3.63, 3.8) is 0 Å². The van der Waals surface area contributed by atoms with Crippen molar-refractivity contribution < 1.29 is 0 Å². The van der Waals surface area contributed by atoms with Gasteiger partial charge in [-0.05, 0) is 119 Å². The van der Waals surface area contributed by atoms with Gasteiger partial charge in [0.05, 0.1) is 5.69 Å². The molecule has 0 atom stereocenters. The lowest BCUT2D eigenvalue weighted by Crippen LogP contribution is -2.11. The highest BCUT2D eigenvalue weighted by Crippen LogP contribution is 2.45. The Morgan fingerprint density at radius 2 is 0.764 bits per heavy atom. The first-order valence-electron chi connectivity index (χ1n) is 18.8. The Kier molecular flexibility index (Phi) is 7.86. The molecule has 258 valence electrons. The highest BCUT2D eigenvalue weighted by molar-refractivity contribution is 6.15. The number of anilines is 3. The molecule has 0 heterocycles. The molecule has 0 aliphatic heterocycles. The van der Waals surface area contributed by atoms with Crippen LogP contribution < -0.4 is 4.90 Å². The SMILES string of the molecule is C=Cc1cc(-c2ccc(N(c3ccc(-c4cc5ccccc5c5ccccc45)cc3)c3c4ccccc4cc4ccccc34)cc2)c2ccccc2c1C=C. The third-order valence-corrected chi connectivity index (χ3v) is 11.1. The van der Waals surface area contributed by atoms with Crippen LogP contribution in [0.2, 0.25) is 0 Å². The number of hydrogen-bond donors (Lipinski definition) is 0. The standard InChI is InChI=1S/C54H37N/c1-3-36-34-52(50-23-13-11-21-48(50)44(36)4-2)37-25-29-42(30-26-37)55(54-46-19-9-6-15-39(46)33-40-16-7-10-20-47(40)54)43-31-27-38(28-32-43)53-35-41-17-5-8-18-45(41)49-22-12-14-24-51(49)53/h3-35H,1-2H2. The molecule has 0 aliphatic carbocycles. The summed E-state index contributed by atoms with van der Waals surface area (Å²) in [5.74, 6) is 0. The van der Waals surface area contributed by atoms with Gasteiger partial charge >= 0.3 is 0 Å². The largest absolute Gasteiger partial charge is 0.309 e. The van der Waals surface area contributed by atoms with Crippen LogP contribution in [0.5, 0.6) is 0 Å². The van der Waals surface area contributed by atoms with E-state index in [2.05, 4.69) is 206 Å². The first-order chi connectivity index (χ1) is 27.2. The Morgan fingerprint density at radius 3 is 1.29 bits per heavy atom. The molecule has 0 fully saturated rings. The zero-order chi connectivity index (χ0) is 36.9. The number of benzene rings is 10. The molecular weight excluding hydrogens is 663 g/mol. The molecule has 0 aliphatic rings. The Labute approximate surface area is 321 Å². The van der Waals surface area contributed by atoms with E-state index in [4.69, 9.17) is 0 Å². The monoisotopic (exact) mass is 699 g/mol. The normalized spacial score (nSPS) is 11.4. The molecule has 0 saturated heterocycles.